The Balaban J connectivity index is 1.34. The van der Waals surface area contributed by atoms with Gasteiger partial charge in [0.05, 0.1) is 18.1 Å². The number of benzene rings is 2. The fourth-order valence-electron chi connectivity index (χ4n) is 3.52. The van der Waals surface area contributed by atoms with Crippen LogP contribution in [-0.4, -0.2) is 25.9 Å². The van der Waals surface area contributed by atoms with E-state index in [2.05, 4.69) is 20.1 Å². The first-order chi connectivity index (χ1) is 14.7. The van der Waals surface area contributed by atoms with E-state index in [-0.39, 0.29) is 11.2 Å². The second-order valence-corrected chi connectivity index (χ2v) is 8.86. The quantitative estimate of drug-likeness (QED) is 0.424. The van der Waals surface area contributed by atoms with Gasteiger partial charge in [0.1, 0.15) is 11.6 Å². The van der Waals surface area contributed by atoms with Crippen molar-refractivity contribution in [3.63, 3.8) is 0 Å². The van der Waals surface area contributed by atoms with Crippen LogP contribution in [0.3, 0.4) is 0 Å². The Labute approximate surface area is 178 Å². The largest absolute Gasteiger partial charge is 0.467 e. The first kappa shape index (κ1) is 18.9. The molecule has 0 radical (unpaired) electrons. The number of carbonyl (C=O) groups excluding carboxylic acids is 1. The Bertz CT molecular complexity index is 1180. The Kier molecular flexibility index (Phi) is 5.04. The molecule has 0 saturated heterocycles. The molecule has 1 aliphatic carbocycles. The van der Waals surface area contributed by atoms with Gasteiger partial charge < -0.3 is 9.73 Å². The molecule has 1 unspecified atom stereocenters. The lowest BCUT2D eigenvalue weighted by molar-refractivity contribution is -0.115. The third-order valence-electron chi connectivity index (χ3n) is 5.28. The van der Waals surface area contributed by atoms with Crippen LogP contribution in [-0.2, 0) is 11.3 Å². The van der Waals surface area contributed by atoms with Crippen LogP contribution in [0.15, 0.2) is 70.4 Å². The molecule has 1 saturated carbocycles. The summed E-state index contributed by atoms with van der Waals surface area (Å²) in [6.45, 7) is 2.47. The molecule has 6 nitrogen and oxygen atoms in total. The minimum absolute atomic E-state index is 0.0585. The monoisotopic (exact) mass is 418 g/mol. The second-order valence-electron chi connectivity index (χ2n) is 7.56. The van der Waals surface area contributed by atoms with E-state index >= 15 is 0 Å². The lowest BCUT2D eigenvalue weighted by atomic mass is 10.1. The minimum atomic E-state index is -0.324. The average Bonchev–Trinajstić information content (AvgIpc) is 3.33. The fourth-order valence-corrected chi connectivity index (χ4v) is 4.37. The maximum absolute atomic E-state index is 12.9. The van der Waals surface area contributed by atoms with Crippen molar-refractivity contribution in [3.05, 3.63) is 72.4 Å². The number of nitrogens with zero attached hydrogens (tertiary/aromatic N) is 3. The normalized spacial score (nSPS) is 14.7. The van der Waals surface area contributed by atoms with E-state index in [0.29, 0.717) is 12.5 Å². The van der Waals surface area contributed by atoms with Crippen LogP contribution in [0, 0.1) is 0 Å². The van der Waals surface area contributed by atoms with Crippen molar-refractivity contribution in [2.24, 2.45) is 0 Å². The highest BCUT2D eigenvalue weighted by Crippen LogP contribution is 2.40. The van der Waals surface area contributed by atoms with E-state index in [1.165, 1.54) is 11.8 Å². The number of thioether (sulfide) groups is 1. The van der Waals surface area contributed by atoms with Gasteiger partial charge in [0.15, 0.2) is 5.16 Å². The van der Waals surface area contributed by atoms with Crippen molar-refractivity contribution in [1.29, 1.82) is 0 Å². The molecular formula is C23H22N4O2S. The van der Waals surface area contributed by atoms with Crippen molar-refractivity contribution in [2.45, 2.75) is 42.6 Å². The van der Waals surface area contributed by atoms with Crippen molar-refractivity contribution in [3.8, 4) is 0 Å². The molecule has 1 fully saturated rings. The van der Waals surface area contributed by atoms with Gasteiger partial charge in [-0.25, -0.2) is 0 Å². The van der Waals surface area contributed by atoms with Gasteiger partial charge in [0.25, 0.3) is 0 Å². The van der Waals surface area contributed by atoms with Crippen molar-refractivity contribution in [1.82, 2.24) is 14.8 Å². The first-order valence-corrected chi connectivity index (χ1v) is 11.0. The lowest BCUT2D eigenvalue weighted by Crippen LogP contribution is -2.23. The summed E-state index contributed by atoms with van der Waals surface area (Å²) < 4.78 is 7.61. The standard InChI is InChI=1S/C23H22N4O2S/c1-15(22(28)24-20-10-4-7-16-6-2-3-9-19(16)20)30-23-26-25-21(17-11-12-17)27(23)14-18-8-5-13-29-18/h2-10,13,15,17H,11-12,14H2,1H3,(H,24,28). The van der Waals surface area contributed by atoms with Crippen molar-refractivity contribution < 1.29 is 9.21 Å². The van der Waals surface area contributed by atoms with Gasteiger partial charge in [-0.2, -0.15) is 0 Å². The van der Waals surface area contributed by atoms with Gasteiger partial charge >= 0.3 is 0 Å². The van der Waals surface area contributed by atoms with E-state index in [1.807, 2.05) is 61.5 Å². The van der Waals surface area contributed by atoms with E-state index < -0.39 is 0 Å². The zero-order chi connectivity index (χ0) is 20.5. The lowest BCUT2D eigenvalue weighted by Gasteiger charge is -2.14. The molecule has 7 heteroatoms. The van der Waals surface area contributed by atoms with Crippen LogP contribution in [0.4, 0.5) is 5.69 Å². The molecule has 1 N–H and O–H groups in total. The number of furan rings is 1. The second kappa shape index (κ2) is 7.99. The molecule has 1 atom stereocenters. The highest BCUT2D eigenvalue weighted by atomic mass is 32.2. The van der Waals surface area contributed by atoms with Crippen molar-refractivity contribution in [2.75, 3.05) is 5.32 Å². The maximum atomic E-state index is 12.9. The van der Waals surface area contributed by atoms with Crippen LogP contribution >= 0.6 is 11.8 Å². The third-order valence-corrected chi connectivity index (χ3v) is 6.36. The van der Waals surface area contributed by atoms with E-state index in [1.54, 1.807) is 6.26 Å². The Morgan fingerprint density at radius 2 is 2.00 bits per heavy atom. The number of carbonyl (C=O) groups is 1. The van der Waals surface area contributed by atoms with E-state index in [4.69, 9.17) is 4.42 Å². The van der Waals surface area contributed by atoms with E-state index in [9.17, 15) is 4.79 Å². The molecule has 2 aromatic carbocycles. The summed E-state index contributed by atoms with van der Waals surface area (Å²) in [5.41, 5.74) is 0.821. The number of aromatic nitrogens is 3. The zero-order valence-corrected chi connectivity index (χ0v) is 17.4. The minimum Gasteiger partial charge on any atom is -0.467 e. The molecular weight excluding hydrogens is 396 g/mol. The Morgan fingerprint density at radius 3 is 2.80 bits per heavy atom. The predicted octanol–water partition coefficient (Wildman–Crippen LogP) is 5.07. The predicted molar refractivity (Wildman–Crippen MR) is 118 cm³/mol. The summed E-state index contributed by atoms with van der Waals surface area (Å²) in [6, 6.07) is 17.8. The van der Waals surface area contributed by atoms with Gasteiger partial charge in [0.2, 0.25) is 5.91 Å². The molecule has 0 aliphatic heterocycles. The molecule has 2 aromatic heterocycles. The van der Waals surface area contributed by atoms with Gasteiger partial charge in [0, 0.05) is 17.0 Å². The smallest absolute Gasteiger partial charge is 0.237 e. The summed E-state index contributed by atoms with van der Waals surface area (Å²) in [5.74, 6) is 2.24. The number of amides is 1. The van der Waals surface area contributed by atoms with Crippen LogP contribution in [0.2, 0.25) is 0 Å². The summed E-state index contributed by atoms with van der Waals surface area (Å²) in [4.78, 5) is 12.9. The summed E-state index contributed by atoms with van der Waals surface area (Å²) in [7, 11) is 0. The van der Waals surface area contributed by atoms with E-state index in [0.717, 1.165) is 46.0 Å². The van der Waals surface area contributed by atoms with Crippen molar-refractivity contribution >= 4 is 34.1 Å². The summed E-state index contributed by atoms with van der Waals surface area (Å²) in [5, 5.41) is 14.4. The van der Waals surface area contributed by atoms with Gasteiger partial charge in [-0.1, -0.05) is 48.2 Å². The average molecular weight is 419 g/mol. The molecule has 1 amide bonds. The molecule has 5 rings (SSSR count). The van der Waals surface area contributed by atoms with Crippen LogP contribution < -0.4 is 5.32 Å². The van der Waals surface area contributed by atoms with Crippen LogP contribution in [0.5, 0.6) is 0 Å². The summed E-state index contributed by atoms with van der Waals surface area (Å²) >= 11 is 1.43. The Hall–Kier alpha value is -3.06. The van der Waals surface area contributed by atoms with Gasteiger partial charge in [-0.15, -0.1) is 10.2 Å². The molecule has 0 spiro atoms. The molecule has 2 heterocycles. The Morgan fingerprint density at radius 1 is 1.17 bits per heavy atom. The van der Waals surface area contributed by atoms with Gasteiger partial charge in [-0.3, -0.25) is 9.36 Å². The highest BCUT2D eigenvalue weighted by Gasteiger charge is 2.31. The molecule has 4 aromatic rings. The zero-order valence-electron chi connectivity index (χ0n) is 16.6. The number of rotatable bonds is 7. The first-order valence-electron chi connectivity index (χ1n) is 10.1. The molecule has 1 aliphatic rings. The molecule has 30 heavy (non-hydrogen) atoms. The molecule has 0 bridgehead atoms. The molecule has 152 valence electrons. The SMILES string of the molecule is CC(Sc1nnc(C2CC2)n1Cc1ccco1)C(=O)Nc1cccc2ccccc12. The van der Waals surface area contributed by atoms with Crippen LogP contribution in [0.1, 0.15) is 37.3 Å². The number of hydrogen-bond acceptors (Lipinski definition) is 5. The van der Waals surface area contributed by atoms with Gasteiger partial charge in [-0.05, 0) is 43.4 Å². The number of hydrogen-bond donors (Lipinski definition) is 1. The maximum Gasteiger partial charge on any atom is 0.237 e. The fraction of sp³-hybridized carbons (Fsp3) is 0.261. The number of anilines is 1. The highest BCUT2D eigenvalue weighted by molar-refractivity contribution is 8.00. The number of nitrogens with one attached hydrogen (secondary N) is 1. The topological polar surface area (TPSA) is 73.0 Å². The summed E-state index contributed by atoms with van der Waals surface area (Å²) in [6.07, 6.45) is 3.94. The number of fused-ring (bicyclic) bond motifs is 1. The third kappa shape index (κ3) is 3.85. The van der Waals surface area contributed by atoms with Crippen LogP contribution in [0.25, 0.3) is 10.8 Å².